The predicted octanol–water partition coefficient (Wildman–Crippen LogP) is 4.90. The largest absolute Gasteiger partial charge is 0.351 e. The number of benzene rings is 2. The van der Waals surface area contributed by atoms with E-state index in [1.807, 2.05) is 24.3 Å². The highest BCUT2D eigenvalue weighted by Crippen LogP contribution is 2.44. The third-order valence-electron chi connectivity index (χ3n) is 6.39. The molecule has 0 saturated heterocycles. The van der Waals surface area contributed by atoms with Gasteiger partial charge in [0.2, 0.25) is 11.8 Å². The molecule has 0 spiro atoms. The molecule has 152 valence electrons. The quantitative estimate of drug-likeness (QED) is 0.707. The lowest BCUT2D eigenvalue weighted by atomic mass is 9.63. The molecule has 29 heavy (non-hydrogen) atoms. The molecular weight excluding hydrogens is 360 g/mol. The van der Waals surface area contributed by atoms with Crippen molar-refractivity contribution in [3.63, 3.8) is 0 Å². The van der Waals surface area contributed by atoms with Crippen molar-refractivity contribution in [2.24, 2.45) is 5.92 Å². The molecule has 2 aromatic carbocycles. The fourth-order valence-corrected chi connectivity index (χ4v) is 4.01. The minimum atomic E-state index is -0.434. The lowest BCUT2D eigenvalue weighted by molar-refractivity contribution is -0.130. The van der Waals surface area contributed by atoms with Crippen molar-refractivity contribution < 1.29 is 9.59 Å². The van der Waals surface area contributed by atoms with E-state index in [1.54, 1.807) is 0 Å². The summed E-state index contributed by atoms with van der Waals surface area (Å²) in [7, 11) is 0. The average Bonchev–Trinajstić information content (AvgIpc) is 3.52. The molecule has 2 aliphatic rings. The second kappa shape index (κ2) is 8.02. The summed E-state index contributed by atoms with van der Waals surface area (Å²) in [4.78, 5) is 25.0. The van der Waals surface area contributed by atoms with Crippen molar-refractivity contribution in [1.82, 2.24) is 5.32 Å². The zero-order chi connectivity index (χ0) is 20.4. The molecule has 2 amide bonds. The van der Waals surface area contributed by atoms with Crippen LogP contribution in [0.1, 0.15) is 68.6 Å². The van der Waals surface area contributed by atoms with E-state index in [-0.39, 0.29) is 17.7 Å². The standard InChI is InChI=1S/C25H30N2O2/c1-17(2)19-6-4-18(5-7-19)16-26-24(29)25(14-3-15-25)21-10-12-22(13-11-21)27-23(28)20-8-9-20/h4-7,10-13,17,20H,3,8-9,14-16H2,1-2H3,(H,26,29)(H,27,28). The van der Waals surface area contributed by atoms with Gasteiger partial charge in [-0.2, -0.15) is 0 Å². The normalized spacial score (nSPS) is 17.5. The maximum absolute atomic E-state index is 13.1. The Morgan fingerprint density at radius 2 is 1.66 bits per heavy atom. The number of anilines is 1. The number of nitrogens with one attached hydrogen (secondary N) is 2. The van der Waals surface area contributed by atoms with E-state index in [0.717, 1.165) is 48.9 Å². The lowest BCUT2D eigenvalue weighted by Gasteiger charge is -2.40. The molecule has 0 atom stereocenters. The highest BCUT2D eigenvalue weighted by atomic mass is 16.2. The molecule has 2 fully saturated rings. The summed E-state index contributed by atoms with van der Waals surface area (Å²) in [6.07, 6.45) is 4.80. The smallest absolute Gasteiger partial charge is 0.230 e. The van der Waals surface area contributed by atoms with Gasteiger partial charge >= 0.3 is 0 Å². The van der Waals surface area contributed by atoms with Crippen molar-refractivity contribution in [3.05, 3.63) is 65.2 Å². The van der Waals surface area contributed by atoms with Crippen molar-refractivity contribution >= 4 is 17.5 Å². The lowest BCUT2D eigenvalue weighted by Crippen LogP contribution is -2.49. The first-order valence-corrected chi connectivity index (χ1v) is 10.8. The van der Waals surface area contributed by atoms with Crippen LogP contribution >= 0.6 is 0 Å². The summed E-state index contributed by atoms with van der Waals surface area (Å²) < 4.78 is 0. The van der Waals surface area contributed by atoms with Gasteiger partial charge in [-0.15, -0.1) is 0 Å². The second-order valence-corrected chi connectivity index (χ2v) is 8.86. The molecule has 4 heteroatoms. The minimum Gasteiger partial charge on any atom is -0.351 e. The zero-order valence-corrected chi connectivity index (χ0v) is 17.3. The third-order valence-corrected chi connectivity index (χ3v) is 6.39. The third kappa shape index (κ3) is 4.21. The molecular formula is C25H30N2O2. The maximum atomic E-state index is 13.1. The average molecular weight is 391 g/mol. The molecule has 0 aromatic heterocycles. The van der Waals surface area contributed by atoms with Gasteiger partial charge < -0.3 is 10.6 Å². The highest BCUT2D eigenvalue weighted by Gasteiger charge is 2.45. The summed E-state index contributed by atoms with van der Waals surface area (Å²) >= 11 is 0. The number of hydrogen-bond donors (Lipinski definition) is 2. The Balaban J connectivity index is 1.39. The molecule has 4 nitrogen and oxygen atoms in total. The zero-order valence-electron chi connectivity index (χ0n) is 17.3. The Morgan fingerprint density at radius 3 is 2.17 bits per heavy atom. The van der Waals surface area contributed by atoms with Gasteiger partial charge in [0.1, 0.15) is 0 Å². The summed E-state index contributed by atoms with van der Waals surface area (Å²) in [6, 6.07) is 16.3. The van der Waals surface area contributed by atoms with Crippen LogP contribution in [0.15, 0.2) is 48.5 Å². The van der Waals surface area contributed by atoms with Crippen LogP contribution < -0.4 is 10.6 Å². The molecule has 4 rings (SSSR count). The molecule has 0 bridgehead atoms. The molecule has 2 N–H and O–H groups in total. The molecule has 0 aliphatic heterocycles. The SMILES string of the molecule is CC(C)c1ccc(CNC(=O)C2(c3ccc(NC(=O)C4CC4)cc3)CCC2)cc1. The van der Waals surface area contributed by atoms with Crippen LogP contribution in [0.4, 0.5) is 5.69 Å². The Kier molecular flexibility index (Phi) is 5.44. The van der Waals surface area contributed by atoms with Crippen LogP contribution in [0, 0.1) is 5.92 Å². The van der Waals surface area contributed by atoms with Gasteiger partial charge in [-0.3, -0.25) is 9.59 Å². The van der Waals surface area contributed by atoms with Gasteiger partial charge in [0, 0.05) is 18.2 Å². The minimum absolute atomic E-state index is 0.103. The van der Waals surface area contributed by atoms with E-state index >= 15 is 0 Å². The molecule has 0 radical (unpaired) electrons. The highest BCUT2D eigenvalue weighted by molar-refractivity contribution is 5.94. The van der Waals surface area contributed by atoms with Crippen LogP contribution in [0.25, 0.3) is 0 Å². The van der Waals surface area contributed by atoms with E-state index < -0.39 is 5.41 Å². The van der Waals surface area contributed by atoms with Gasteiger partial charge in [0.25, 0.3) is 0 Å². The van der Waals surface area contributed by atoms with Crippen LogP contribution in [-0.4, -0.2) is 11.8 Å². The van der Waals surface area contributed by atoms with Gasteiger partial charge in [-0.25, -0.2) is 0 Å². The molecule has 0 unspecified atom stereocenters. The van der Waals surface area contributed by atoms with Gasteiger partial charge in [0.05, 0.1) is 5.41 Å². The fourth-order valence-electron chi connectivity index (χ4n) is 4.01. The first-order valence-electron chi connectivity index (χ1n) is 10.8. The summed E-state index contributed by atoms with van der Waals surface area (Å²) in [5, 5.41) is 6.12. The molecule has 2 aromatic rings. The van der Waals surface area contributed by atoms with Crippen molar-refractivity contribution in [2.45, 2.75) is 63.8 Å². The van der Waals surface area contributed by atoms with E-state index in [4.69, 9.17) is 0 Å². The van der Waals surface area contributed by atoms with Crippen LogP contribution in [0.3, 0.4) is 0 Å². The molecule has 2 saturated carbocycles. The van der Waals surface area contributed by atoms with Crippen molar-refractivity contribution in [2.75, 3.05) is 5.32 Å². The van der Waals surface area contributed by atoms with Crippen LogP contribution in [-0.2, 0) is 21.5 Å². The Hall–Kier alpha value is -2.62. The van der Waals surface area contributed by atoms with Crippen molar-refractivity contribution in [1.29, 1.82) is 0 Å². The topological polar surface area (TPSA) is 58.2 Å². The second-order valence-electron chi connectivity index (χ2n) is 8.86. The first-order chi connectivity index (χ1) is 14.0. The maximum Gasteiger partial charge on any atom is 0.230 e. The summed E-state index contributed by atoms with van der Waals surface area (Å²) in [5.41, 5.74) is 3.85. The first kappa shape index (κ1) is 19.7. The number of carbonyl (C=O) groups is 2. The number of carbonyl (C=O) groups excluding carboxylic acids is 2. The van der Waals surface area contributed by atoms with Gasteiger partial charge in [-0.1, -0.05) is 56.7 Å². The van der Waals surface area contributed by atoms with E-state index in [0.29, 0.717) is 12.5 Å². The summed E-state index contributed by atoms with van der Waals surface area (Å²) in [6.45, 7) is 4.91. The van der Waals surface area contributed by atoms with Crippen LogP contribution in [0.5, 0.6) is 0 Å². The Labute approximate surface area is 173 Å². The van der Waals surface area contributed by atoms with Gasteiger partial charge in [-0.05, 0) is 60.4 Å². The van der Waals surface area contributed by atoms with Crippen LogP contribution in [0.2, 0.25) is 0 Å². The predicted molar refractivity (Wildman–Crippen MR) is 116 cm³/mol. The number of hydrogen-bond acceptors (Lipinski definition) is 2. The summed E-state index contributed by atoms with van der Waals surface area (Å²) in [5.74, 6) is 0.908. The Morgan fingerprint density at radius 1 is 1.00 bits per heavy atom. The van der Waals surface area contributed by atoms with E-state index in [1.165, 1.54) is 5.56 Å². The Bertz CT molecular complexity index is 876. The van der Waals surface area contributed by atoms with E-state index in [9.17, 15) is 9.59 Å². The van der Waals surface area contributed by atoms with Crippen molar-refractivity contribution in [3.8, 4) is 0 Å². The fraction of sp³-hybridized carbons (Fsp3) is 0.440. The molecule has 2 aliphatic carbocycles. The number of rotatable bonds is 7. The van der Waals surface area contributed by atoms with E-state index in [2.05, 4.69) is 48.7 Å². The van der Waals surface area contributed by atoms with Gasteiger partial charge in [0.15, 0.2) is 0 Å². The number of amides is 2. The molecule has 0 heterocycles. The monoisotopic (exact) mass is 390 g/mol.